The van der Waals surface area contributed by atoms with Gasteiger partial charge in [-0.25, -0.2) is 0 Å². The minimum Gasteiger partial charge on any atom is -0.461 e. The number of nitrogens with one attached hydrogen (secondary N) is 1. The summed E-state index contributed by atoms with van der Waals surface area (Å²) in [7, 11) is 3.76. The molecule has 0 atom stereocenters. The number of hydrogen-bond donors (Lipinski definition) is 1. The second kappa shape index (κ2) is 6.53. The molecule has 0 aromatic carbocycles. The largest absolute Gasteiger partial charge is 0.461 e. The van der Waals surface area contributed by atoms with Crippen molar-refractivity contribution in [1.29, 1.82) is 0 Å². The van der Waals surface area contributed by atoms with Crippen molar-refractivity contribution in [3.63, 3.8) is 0 Å². The van der Waals surface area contributed by atoms with Crippen LogP contribution >= 0.6 is 0 Å². The Kier molecular flexibility index (Phi) is 5.60. The van der Waals surface area contributed by atoms with Gasteiger partial charge in [-0.3, -0.25) is 9.69 Å². The number of nitrogens with zero attached hydrogens (tertiary/aromatic N) is 1. The van der Waals surface area contributed by atoms with Crippen LogP contribution in [0.1, 0.15) is 46.5 Å². The van der Waals surface area contributed by atoms with Gasteiger partial charge < -0.3 is 10.1 Å². The smallest absolute Gasteiger partial charge is 0.320 e. The lowest BCUT2D eigenvalue weighted by atomic mass is 9.91. The highest BCUT2D eigenvalue weighted by molar-refractivity contribution is 5.71. The number of esters is 1. The van der Waals surface area contributed by atoms with Gasteiger partial charge in [0.25, 0.3) is 0 Å². The van der Waals surface area contributed by atoms with Crippen LogP contribution < -0.4 is 5.32 Å². The van der Waals surface area contributed by atoms with E-state index in [0.29, 0.717) is 12.6 Å². The lowest BCUT2D eigenvalue weighted by Gasteiger charge is -2.34. The minimum atomic E-state index is -0.104. The topological polar surface area (TPSA) is 41.6 Å². The Hall–Kier alpha value is -0.610. The van der Waals surface area contributed by atoms with Crippen molar-refractivity contribution < 1.29 is 9.53 Å². The highest BCUT2D eigenvalue weighted by atomic mass is 16.5. The number of hydrogen-bond acceptors (Lipinski definition) is 4. The van der Waals surface area contributed by atoms with Gasteiger partial charge in [-0.1, -0.05) is 0 Å². The van der Waals surface area contributed by atoms with Crippen molar-refractivity contribution in [2.45, 2.75) is 64.1 Å². The molecule has 18 heavy (non-hydrogen) atoms. The van der Waals surface area contributed by atoms with E-state index in [0.717, 1.165) is 25.7 Å². The number of carbonyl (C=O) groups excluding carboxylic acids is 1. The molecule has 0 spiro atoms. The Balaban J connectivity index is 2.25. The number of likely N-dealkylation sites (N-methyl/N-ethyl adjacent to an activating group) is 1. The lowest BCUT2D eigenvalue weighted by Crippen LogP contribution is -2.46. The monoisotopic (exact) mass is 256 g/mol. The summed E-state index contributed by atoms with van der Waals surface area (Å²) in [6.45, 7) is 6.95. The molecule has 0 bridgehead atoms. The zero-order valence-electron chi connectivity index (χ0n) is 12.5. The first-order valence-electron chi connectivity index (χ1n) is 6.88. The normalized spacial score (nSPS) is 25.2. The van der Waals surface area contributed by atoms with Gasteiger partial charge in [-0.05, 0) is 60.5 Å². The molecule has 0 aliphatic heterocycles. The first kappa shape index (κ1) is 15.4. The minimum absolute atomic E-state index is 0.104. The van der Waals surface area contributed by atoms with E-state index < -0.39 is 0 Å². The van der Waals surface area contributed by atoms with Crippen molar-refractivity contribution >= 4 is 5.97 Å². The molecule has 106 valence electrons. The molecule has 4 heteroatoms. The fraction of sp³-hybridized carbons (Fsp3) is 0.929. The van der Waals surface area contributed by atoms with Crippen molar-refractivity contribution in [3.8, 4) is 0 Å². The summed E-state index contributed by atoms with van der Waals surface area (Å²) < 4.78 is 5.47. The predicted molar refractivity (Wildman–Crippen MR) is 73.6 cm³/mol. The zero-order chi connectivity index (χ0) is 13.8. The summed E-state index contributed by atoms with van der Waals surface area (Å²) in [4.78, 5) is 13.4. The van der Waals surface area contributed by atoms with Crippen LogP contribution in [0.25, 0.3) is 0 Å². The number of ether oxygens (including phenoxy) is 1. The molecule has 0 heterocycles. The average molecular weight is 256 g/mol. The van der Waals surface area contributed by atoms with Crippen LogP contribution in [0.3, 0.4) is 0 Å². The van der Waals surface area contributed by atoms with Crippen LogP contribution in [0.15, 0.2) is 0 Å². The summed E-state index contributed by atoms with van der Waals surface area (Å²) in [6, 6.07) is 0.564. The second-order valence-electron chi connectivity index (χ2n) is 6.60. The quantitative estimate of drug-likeness (QED) is 0.779. The van der Waals surface area contributed by atoms with Gasteiger partial charge in [0, 0.05) is 11.6 Å². The maximum absolute atomic E-state index is 11.6. The van der Waals surface area contributed by atoms with E-state index >= 15 is 0 Å². The highest BCUT2D eigenvalue weighted by Crippen LogP contribution is 2.23. The third kappa shape index (κ3) is 6.36. The summed E-state index contributed by atoms with van der Waals surface area (Å²) in [5.74, 6) is -0.104. The van der Waals surface area contributed by atoms with Crippen LogP contribution in [-0.2, 0) is 9.53 Å². The summed E-state index contributed by atoms with van der Waals surface area (Å²) in [5, 5.41) is 3.62. The van der Waals surface area contributed by atoms with Crippen molar-refractivity contribution in [2.75, 3.05) is 20.6 Å². The summed E-state index contributed by atoms with van der Waals surface area (Å²) in [6.07, 6.45) is 4.27. The van der Waals surface area contributed by atoms with E-state index in [1.807, 2.05) is 19.0 Å². The molecule has 0 aromatic rings. The van der Waals surface area contributed by atoms with E-state index in [4.69, 9.17) is 4.74 Å². The van der Waals surface area contributed by atoms with E-state index in [2.05, 4.69) is 26.1 Å². The van der Waals surface area contributed by atoms with E-state index in [-0.39, 0.29) is 17.6 Å². The molecule has 4 nitrogen and oxygen atoms in total. The van der Waals surface area contributed by atoms with Crippen molar-refractivity contribution in [2.24, 2.45) is 0 Å². The van der Waals surface area contributed by atoms with Crippen molar-refractivity contribution in [3.05, 3.63) is 0 Å². The maximum atomic E-state index is 11.6. The van der Waals surface area contributed by atoms with Crippen LogP contribution in [-0.4, -0.2) is 49.2 Å². The standard InChI is InChI=1S/C14H28N2O2/c1-14(2,3)15-11-6-8-12(9-7-11)18-13(17)10-16(4)5/h11-12,15H,6-10H2,1-5H3. The first-order valence-corrected chi connectivity index (χ1v) is 6.88. The zero-order valence-corrected chi connectivity index (χ0v) is 12.5. The molecule has 0 saturated heterocycles. The molecule has 0 radical (unpaired) electrons. The van der Waals surface area contributed by atoms with Crippen LogP contribution in [0.5, 0.6) is 0 Å². The lowest BCUT2D eigenvalue weighted by molar-refractivity contribution is -0.151. The molecule has 1 aliphatic rings. The van der Waals surface area contributed by atoms with Gasteiger partial charge in [0.2, 0.25) is 0 Å². The molecule has 0 aromatic heterocycles. The van der Waals surface area contributed by atoms with Gasteiger partial charge in [0.05, 0.1) is 6.54 Å². The number of carbonyl (C=O) groups is 1. The Morgan fingerprint density at radius 2 is 1.78 bits per heavy atom. The molecular formula is C14H28N2O2. The summed E-state index contributed by atoms with van der Waals surface area (Å²) in [5.41, 5.74) is 0.166. The highest BCUT2D eigenvalue weighted by Gasteiger charge is 2.26. The molecule has 1 saturated carbocycles. The van der Waals surface area contributed by atoms with Crippen LogP contribution in [0.4, 0.5) is 0 Å². The molecule has 1 N–H and O–H groups in total. The predicted octanol–water partition coefficient (Wildman–Crippen LogP) is 1.79. The van der Waals surface area contributed by atoms with Gasteiger partial charge in [0.15, 0.2) is 0 Å². The third-order valence-electron chi connectivity index (χ3n) is 3.05. The van der Waals surface area contributed by atoms with E-state index in [1.54, 1.807) is 0 Å². The van der Waals surface area contributed by atoms with Gasteiger partial charge >= 0.3 is 5.97 Å². The molecule has 1 rings (SSSR count). The molecule has 0 unspecified atom stereocenters. The SMILES string of the molecule is CN(C)CC(=O)OC1CCC(NC(C)(C)C)CC1. The molecule has 1 aliphatic carbocycles. The molecule has 1 fully saturated rings. The Bertz CT molecular complexity index is 263. The van der Waals surface area contributed by atoms with Crippen molar-refractivity contribution in [1.82, 2.24) is 10.2 Å². The summed E-state index contributed by atoms with van der Waals surface area (Å²) >= 11 is 0. The second-order valence-corrected chi connectivity index (χ2v) is 6.60. The first-order chi connectivity index (χ1) is 8.26. The Morgan fingerprint density at radius 1 is 1.22 bits per heavy atom. The van der Waals surface area contributed by atoms with Gasteiger partial charge in [-0.15, -0.1) is 0 Å². The van der Waals surface area contributed by atoms with Gasteiger partial charge in [-0.2, -0.15) is 0 Å². The number of rotatable bonds is 4. The Morgan fingerprint density at radius 3 is 2.22 bits per heavy atom. The maximum Gasteiger partial charge on any atom is 0.320 e. The van der Waals surface area contributed by atoms with E-state index in [1.165, 1.54) is 0 Å². The van der Waals surface area contributed by atoms with Crippen LogP contribution in [0.2, 0.25) is 0 Å². The van der Waals surface area contributed by atoms with Gasteiger partial charge in [0.1, 0.15) is 6.10 Å². The van der Waals surface area contributed by atoms with Crippen LogP contribution in [0, 0.1) is 0 Å². The molecular weight excluding hydrogens is 228 g/mol. The Labute approximate surface area is 111 Å². The average Bonchev–Trinajstić information content (AvgIpc) is 2.17. The van der Waals surface area contributed by atoms with E-state index in [9.17, 15) is 4.79 Å². The fourth-order valence-corrected chi connectivity index (χ4v) is 2.42. The molecule has 0 amide bonds. The third-order valence-corrected chi connectivity index (χ3v) is 3.05. The fourth-order valence-electron chi connectivity index (χ4n) is 2.42.